The zero-order valence-electron chi connectivity index (χ0n) is 13.9. The lowest BCUT2D eigenvalue weighted by Gasteiger charge is -2.26. The molecule has 1 heterocycles. The van der Waals surface area contributed by atoms with Crippen LogP contribution in [0, 0.1) is 0 Å². The summed E-state index contributed by atoms with van der Waals surface area (Å²) in [5.74, 6) is 0.736. The number of morpholine rings is 1. The molecule has 2 aromatic carbocycles. The number of fused-ring (bicyclic) bond motifs is 1. The second kappa shape index (κ2) is 7.51. The van der Waals surface area contributed by atoms with Crippen LogP contribution in [0.5, 0.6) is 5.75 Å². The van der Waals surface area contributed by atoms with E-state index in [2.05, 4.69) is 6.92 Å². The molecule has 0 saturated carbocycles. The zero-order chi connectivity index (χ0) is 17.0. The van der Waals surface area contributed by atoms with Crippen LogP contribution < -0.4 is 4.74 Å². The van der Waals surface area contributed by atoms with E-state index in [9.17, 15) is 8.42 Å². The molecule has 1 fully saturated rings. The van der Waals surface area contributed by atoms with Crippen LogP contribution in [0.3, 0.4) is 0 Å². The molecule has 130 valence electrons. The van der Waals surface area contributed by atoms with Gasteiger partial charge in [-0.1, -0.05) is 37.6 Å². The van der Waals surface area contributed by atoms with Crippen LogP contribution in [-0.2, 0) is 14.8 Å². The normalized spacial score (nSPS) is 16.4. The van der Waals surface area contributed by atoms with Crippen molar-refractivity contribution in [1.29, 1.82) is 0 Å². The van der Waals surface area contributed by atoms with Gasteiger partial charge in [0, 0.05) is 23.9 Å². The summed E-state index contributed by atoms with van der Waals surface area (Å²) in [5.41, 5.74) is 0. The van der Waals surface area contributed by atoms with E-state index in [-0.39, 0.29) is 0 Å². The molecule has 0 spiro atoms. The van der Waals surface area contributed by atoms with Crippen LogP contribution in [0.25, 0.3) is 10.8 Å². The Kier molecular flexibility index (Phi) is 5.38. The zero-order valence-corrected chi connectivity index (χ0v) is 14.7. The molecule has 0 bridgehead atoms. The molecule has 5 nitrogen and oxygen atoms in total. The van der Waals surface area contributed by atoms with Gasteiger partial charge >= 0.3 is 0 Å². The highest BCUT2D eigenvalue weighted by molar-refractivity contribution is 7.89. The van der Waals surface area contributed by atoms with Gasteiger partial charge in [-0.25, -0.2) is 8.42 Å². The van der Waals surface area contributed by atoms with Crippen LogP contribution >= 0.6 is 0 Å². The molecule has 24 heavy (non-hydrogen) atoms. The number of ether oxygens (including phenoxy) is 2. The predicted octanol–water partition coefficient (Wildman–Crippen LogP) is 3.04. The van der Waals surface area contributed by atoms with Crippen molar-refractivity contribution in [2.75, 3.05) is 32.9 Å². The highest BCUT2D eigenvalue weighted by atomic mass is 32.2. The quantitative estimate of drug-likeness (QED) is 0.752. The van der Waals surface area contributed by atoms with Crippen molar-refractivity contribution >= 4 is 20.8 Å². The van der Waals surface area contributed by atoms with E-state index < -0.39 is 10.0 Å². The third kappa shape index (κ3) is 3.41. The van der Waals surface area contributed by atoms with Crippen molar-refractivity contribution in [2.24, 2.45) is 0 Å². The Bertz CT molecular complexity index is 798. The Labute approximate surface area is 143 Å². The number of benzene rings is 2. The average molecular weight is 349 g/mol. The van der Waals surface area contributed by atoms with E-state index in [0.717, 1.165) is 24.0 Å². The minimum atomic E-state index is -3.53. The van der Waals surface area contributed by atoms with Gasteiger partial charge in [0.1, 0.15) is 5.75 Å². The fraction of sp³-hybridized carbons (Fsp3) is 0.444. The second-order valence-electron chi connectivity index (χ2n) is 5.83. The van der Waals surface area contributed by atoms with Crippen LogP contribution in [-0.4, -0.2) is 45.6 Å². The molecule has 0 aliphatic carbocycles. The number of rotatable bonds is 6. The molecule has 0 atom stereocenters. The lowest BCUT2D eigenvalue weighted by molar-refractivity contribution is 0.0730. The van der Waals surface area contributed by atoms with Crippen LogP contribution in [0.15, 0.2) is 41.3 Å². The maximum Gasteiger partial charge on any atom is 0.243 e. The molecule has 1 aliphatic heterocycles. The summed E-state index contributed by atoms with van der Waals surface area (Å²) in [6.07, 6.45) is 2.03. The van der Waals surface area contributed by atoms with Crippen molar-refractivity contribution in [3.8, 4) is 5.75 Å². The molecule has 0 amide bonds. The van der Waals surface area contributed by atoms with E-state index in [4.69, 9.17) is 9.47 Å². The van der Waals surface area contributed by atoms with Gasteiger partial charge in [0.15, 0.2) is 0 Å². The number of unbranched alkanes of at least 4 members (excludes halogenated alkanes) is 1. The van der Waals surface area contributed by atoms with Crippen LogP contribution in [0.2, 0.25) is 0 Å². The van der Waals surface area contributed by atoms with Crippen molar-refractivity contribution in [1.82, 2.24) is 4.31 Å². The van der Waals surface area contributed by atoms with E-state index >= 15 is 0 Å². The van der Waals surface area contributed by atoms with Crippen molar-refractivity contribution in [3.63, 3.8) is 0 Å². The van der Waals surface area contributed by atoms with Gasteiger partial charge < -0.3 is 9.47 Å². The molecule has 2 aromatic rings. The maximum atomic E-state index is 13.0. The summed E-state index contributed by atoms with van der Waals surface area (Å²) in [5, 5.41) is 1.54. The lowest BCUT2D eigenvalue weighted by Crippen LogP contribution is -2.40. The van der Waals surface area contributed by atoms with E-state index in [1.54, 1.807) is 12.1 Å². The highest BCUT2D eigenvalue weighted by Crippen LogP contribution is 2.32. The molecule has 0 unspecified atom stereocenters. The Morgan fingerprint density at radius 3 is 2.50 bits per heavy atom. The molecule has 3 rings (SSSR count). The molecule has 0 N–H and O–H groups in total. The second-order valence-corrected chi connectivity index (χ2v) is 7.73. The number of sulfonamides is 1. The number of nitrogens with zero attached hydrogens (tertiary/aromatic N) is 1. The summed E-state index contributed by atoms with van der Waals surface area (Å²) < 4.78 is 38.6. The third-order valence-corrected chi connectivity index (χ3v) is 6.14. The van der Waals surface area contributed by atoms with Crippen molar-refractivity contribution in [2.45, 2.75) is 24.7 Å². The minimum absolute atomic E-state index is 0.336. The van der Waals surface area contributed by atoms with Gasteiger partial charge in [-0.15, -0.1) is 0 Å². The topological polar surface area (TPSA) is 55.8 Å². The van der Waals surface area contributed by atoms with Gasteiger partial charge in [-0.3, -0.25) is 0 Å². The first-order valence-corrected chi connectivity index (χ1v) is 9.81. The Morgan fingerprint density at radius 2 is 1.79 bits per heavy atom. The summed E-state index contributed by atoms with van der Waals surface area (Å²) in [7, 11) is -3.53. The molecular weight excluding hydrogens is 326 g/mol. The van der Waals surface area contributed by atoms with Gasteiger partial charge in [-0.2, -0.15) is 4.31 Å². The maximum absolute atomic E-state index is 13.0. The monoisotopic (exact) mass is 349 g/mol. The predicted molar refractivity (Wildman–Crippen MR) is 93.9 cm³/mol. The lowest BCUT2D eigenvalue weighted by atomic mass is 10.1. The summed E-state index contributed by atoms with van der Waals surface area (Å²) >= 11 is 0. The Morgan fingerprint density at radius 1 is 1.08 bits per heavy atom. The van der Waals surface area contributed by atoms with Gasteiger partial charge in [0.25, 0.3) is 0 Å². The van der Waals surface area contributed by atoms with E-state index in [0.29, 0.717) is 43.2 Å². The Balaban J connectivity index is 2.01. The highest BCUT2D eigenvalue weighted by Gasteiger charge is 2.28. The van der Waals surface area contributed by atoms with Crippen molar-refractivity contribution < 1.29 is 17.9 Å². The fourth-order valence-corrected chi connectivity index (χ4v) is 4.45. The first-order chi connectivity index (χ1) is 11.6. The van der Waals surface area contributed by atoms with Gasteiger partial charge in [-0.05, 0) is 18.6 Å². The SMILES string of the molecule is CCCCOc1ccc(S(=O)(=O)N2CCOCC2)c2ccccc12. The average Bonchev–Trinajstić information content (AvgIpc) is 2.62. The Hall–Kier alpha value is -1.63. The third-order valence-electron chi connectivity index (χ3n) is 4.19. The standard InChI is InChI=1S/C18H23NO4S/c1-2-3-12-23-17-8-9-18(16-7-5-4-6-15(16)17)24(20,21)19-10-13-22-14-11-19/h4-9H,2-3,10-14H2,1H3. The molecule has 6 heteroatoms. The van der Waals surface area contributed by atoms with E-state index in [1.807, 2.05) is 24.3 Å². The van der Waals surface area contributed by atoms with Gasteiger partial charge in [0.05, 0.1) is 24.7 Å². The molecule has 1 aliphatic rings. The first kappa shape index (κ1) is 17.2. The summed E-state index contributed by atoms with van der Waals surface area (Å²) in [6, 6.07) is 10.9. The number of hydrogen-bond acceptors (Lipinski definition) is 4. The minimum Gasteiger partial charge on any atom is -0.493 e. The summed E-state index contributed by atoms with van der Waals surface area (Å²) in [6.45, 7) is 4.41. The first-order valence-electron chi connectivity index (χ1n) is 8.37. The molecular formula is C18H23NO4S. The largest absolute Gasteiger partial charge is 0.493 e. The fourth-order valence-electron chi connectivity index (χ4n) is 2.85. The van der Waals surface area contributed by atoms with Crippen molar-refractivity contribution in [3.05, 3.63) is 36.4 Å². The van der Waals surface area contributed by atoms with Crippen LogP contribution in [0.1, 0.15) is 19.8 Å². The summed E-state index contributed by atoms with van der Waals surface area (Å²) in [4.78, 5) is 0.336. The molecule has 1 saturated heterocycles. The smallest absolute Gasteiger partial charge is 0.243 e. The van der Waals surface area contributed by atoms with E-state index in [1.165, 1.54) is 4.31 Å². The molecule has 0 aromatic heterocycles. The molecule has 0 radical (unpaired) electrons. The van der Waals surface area contributed by atoms with Crippen LogP contribution in [0.4, 0.5) is 0 Å². The number of hydrogen-bond donors (Lipinski definition) is 0. The van der Waals surface area contributed by atoms with Gasteiger partial charge in [0.2, 0.25) is 10.0 Å².